The molecular formula is C16H23NO. The number of hydrogen-bond donors (Lipinski definition) is 1. The molecule has 1 unspecified atom stereocenters. The van der Waals surface area contributed by atoms with E-state index < -0.39 is 0 Å². The molecule has 1 saturated heterocycles. The van der Waals surface area contributed by atoms with Crippen LogP contribution in [0.3, 0.4) is 0 Å². The van der Waals surface area contributed by atoms with Crippen LogP contribution in [0.25, 0.3) is 0 Å². The Kier molecular flexibility index (Phi) is 4.54. The van der Waals surface area contributed by atoms with Gasteiger partial charge in [0.05, 0.1) is 0 Å². The third kappa shape index (κ3) is 2.99. The van der Waals surface area contributed by atoms with Crippen molar-refractivity contribution in [1.82, 2.24) is 5.32 Å². The molecular weight excluding hydrogens is 222 g/mol. The average molecular weight is 245 g/mol. The highest BCUT2D eigenvalue weighted by Crippen LogP contribution is 2.33. The smallest absolute Gasteiger partial charge is 0.144 e. The molecule has 1 heterocycles. The van der Waals surface area contributed by atoms with Crippen LogP contribution < -0.4 is 5.32 Å². The fraction of sp³-hybridized carbons (Fsp3) is 0.562. The van der Waals surface area contributed by atoms with Crippen molar-refractivity contribution in [3.05, 3.63) is 35.9 Å². The van der Waals surface area contributed by atoms with Crippen molar-refractivity contribution < 1.29 is 4.79 Å². The van der Waals surface area contributed by atoms with Gasteiger partial charge in [0.2, 0.25) is 0 Å². The van der Waals surface area contributed by atoms with E-state index in [4.69, 9.17) is 0 Å². The Balaban J connectivity index is 2.08. The molecule has 1 N–H and O–H groups in total. The molecule has 0 saturated carbocycles. The fourth-order valence-electron chi connectivity index (χ4n) is 3.01. The Labute approximate surface area is 110 Å². The average Bonchev–Trinajstić information content (AvgIpc) is 2.41. The molecule has 98 valence electrons. The van der Waals surface area contributed by atoms with Crippen LogP contribution in [0.1, 0.15) is 38.2 Å². The van der Waals surface area contributed by atoms with E-state index in [1.54, 1.807) is 0 Å². The molecule has 0 amide bonds. The normalized spacial score (nSPS) is 23.8. The zero-order valence-electron chi connectivity index (χ0n) is 11.2. The van der Waals surface area contributed by atoms with Crippen molar-refractivity contribution in [3.63, 3.8) is 0 Å². The van der Waals surface area contributed by atoms with Crippen molar-refractivity contribution >= 4 is 5.78 Å². The van der Waals surface area contributed by atoms with Gasteiger partial charge in [0, 0.05) is 18.4 Å². The molecule has 0 spiro atoms. The third-order valence-corrected chi connectivity index (χ3v) is 4.00. The molecule has 0 aliphatic carbocycles. The molecule has 1 fully saturated rings. The molecule has 0 aromatic heterocycles. The number of carbonyl (C=O) groups is 1. The number of piperidine rings is 1. The van der Waals surface area contributed by atoms with E-state index in [1.165, 1.54) is 0 Å². The first-order chi connectivity index (χ1) is 8.77. The van der Waals surface area contributed by atoms with Crippen molar-refractivity contribution in [3.8, 4) is 0 Å². The van der Waals surface area contributed by atoms with Gasteiger partial charge in [-0.2, -0.15) is 0 Å². The molecule has 1 atom stereocenters. The first kappa shape index (κ1) is 13.3. The molecule has 0 radical (unpaired) electrons. The standard InChI is InChI=1S/C16H23NO/c1-2-9-16(10-6-11-17-13-16)15(18)12-14-7-4-3-5-8-14/h3-5,7-8,17H,2,6,9-13H2,1H3. The Hall–Kier alpha value is -1.15. The Morgan fingerprint density at radius 1 is 1.33 bits per heavy atom. The summed E-state index contributed by atoms with van der Waals surface area (Å²) in [7, 11) is 0. The summed E-state index contributed by atoms with van der Waals surface area (Å²) >= 11 is 0. The van der Waals surface area contributed by atoms with Gasteiger partial charge >= 0.3 is 0 Å². The highest BCUT2D eigenvalue weighted by molar-refractivity contribution is 5.87. The summed E-state index contributed by atoms with van der Waals surface area (Å²) < 4.78 is 0. The zero-order valence-corrected chi connectivity index (χ0v) is 11.2. The molecule has 1 aliphatic rings. The van der Waals surface area contributed by atoms with Gasteiger partial charge < -0.3 is 5.32 Å². The van der Waals surface area contributed by atoms with Crippen molar-refractivity contribution in [2.75, 3.05) is 13.1 Å². The van der Waals surface area contributed by atoms with Crippen LogP contribution >= 0.6 is 0 Å². The summed E-state index contributed by atoms with van der Waals surface area (Å²) in [6.07, 6.45) is 4.87. The molecule has 1 aliphatic heterocycles. The Bertz CT molecular complexity index is 374. The monoisotopic (exact) mass is 245 g/mol. The second-order valence-electron chi connectivity index (χ2n) is 5.40. The van der Waals surface area contributed by atoms with Crippen LogP contribution in [0.5, 0.6) is 0 Å². The summed E-state index contributed by atoms with van der Waals surface area (Å²) in [5.41, 5.74) is 1.03. The van der Waals surface area contributed by atoms with E-state index >= 15 is 0 Å². The lowest BCUT2D eigenvalue weighted by atomic mass is 9.72. The van der Waals surface area contributed by atoms with E-state index in [2.05, 4.69) is 12.2 Å². The van der Waals surface area contributed by atoms with Crippen molar-refractivity contribution in [2.24, 2.45) is 5.41 Å². The lowest BCUT2D eigenvalue weighted by Gasteiger charge is -2.36. The molecule has 18 heavy (non-hydrogen) atoms. The van der Waals surface area contributed by atoms with E-state index in [0.29, 0.717) is 12.2 Å². The summed E-state index contributed by atoms with van der Waals surface area (Å²) in [5.74, 6) is 0.419. The maximum absolute atomic E-state index is 12.6. The third-order valence-electron chi connectivity index (χ3n) is 4.00. The number of benzene rings is 1. The molecule has 2 nitrogen and oxygen atoms in total. The van der Waals surface area contributed by atoms with Crippen LogP contribution in [0.15, 0.2) is 30.3 Å². The van der Waals surface area contributed by atoms with Crippen LogP contribution in [-0.4, -0.2) is 18.9 Å². The molecule has 0 bridgehead atoms. The minimum absolute atomic E-state index is 0.108. The summed E-state index contributed by atoms with van der Waals surface area (Å²) in [4.78, 5) is 12.6. The zero-order chi connectivity index (χ0) is 12.8. The number of rotatable bonds is 5. The van der Waals surface area contributed by atoms with Crippen LogP contribution in [0.4, 0.5) is 0 Å². The lowest BCUT2D eigenvalue weighted by Crippen LogP contribution is -2.46. The topological polar surface area (TPSA) is 29.1 Å². The highest BCUT2D eigenvalue weighted by atomic mass is 16.1. The maximum Gasteiger partial charge on any atom is 0.144 e. The number of Topliss-reactive ketones (excluding diaryl/α,β-unsaturated/α-hetero) is 1. The minimum atomic E-state index is -0.108. The van der Waals surface area contributed by atoms with Crippen LogP contribution in [0.2, 0.25) is 0 Å². The largest absolute Gasteiger partial charge is 0.316 e. The van der Waals surface area contributed by atoms with Crippen molar-refractivity contribution in [2.45, 2.75) is 39.0 Å². The van der Waals surface area contributed by atoms with Gasteiger partial charge in [0.1, 0.15) is 5.78 Å². The number of ketones is 1. The minimum Gasteiger partial charge on any atom is -0.316 e. The molecule has 2 rings (SSSR count). The van der Waals surface area contributed by atoms with E-state index in [-0.39, 0.29) is 5.41 Å². The van der Waals surface area contributed by atoms with E-state index in [9.17, 15) is 4.79 Å². The van der Waals surface area contributed by atoms with Crippen molar-refractivity contribution in [1.29, 1.82) is 0 Å². The second kappa shape index (κ2) is 6.14. The van der Waals surface area contributed by atoms with Gasteiger partial charge in [-0.05, 0) is 31.4 Å². The Morgan fingerprint density at radius 3 is 2.72 bits per heavy atom. The summed E-state index contributed by atoms with van der Waals surface area (Å²) in [6, 6.07) is 10.1. The SMILES string of the molecule is CCCC1(C(=O)Cc2ccccc2)CCCNC1. The van der Waals surface area contributed by atoms with Crippen LogP contribution in [0, 0.1) is 5.41 Å². The number of nitrogens with one attached hydrogen (secondary N) is 1. The maximum atomic E-state index is 12.6. The van der Waals surface area contributed by atoms with Gasteiger partial charge in [0.15, 0.2) is 0 Å². The first-order valence-corrected chi connectivity index (χ1v) is 7.05. The molecule has 2 heteroatoms. The predicted molar refractivity (Wildman–Crippen MR) is 74.6 cm³/mol. The summed E-state index contributed by atoms with van der Waals surface area (Å²) in [5, 5.41) is 3.41. The van der Waals surface area contributed by atoms with Gasteiger partial charge in [-0.15, -0.1) is 0 Å². The second-order valence-corrected chi connectivity index (χ2v) is 5.40. The Morgan fingerprint density at radius 2 is 2.11 bits per heavy atom. The van der Waals surface area contributed by atoms with Gasteiger partial charge in [-0.3, -0.25) is 4.79 Å². The van der Waals surface area contributed by atoms with Gasteiger partial charge in [0.25, 0.3) is 0 Å². The van der Waals surface area contributed by atoms with E-state index in [1.807, 2.05) is 30.3 Å². The molecule has 1 aromatic carbocycles. The lowest BCUT2D eigenvalue weighted by molar-refractivity contribution is -0.129. The number of hydrogen-bond acceptors (Lipinski definition) is 2. The summed E-state index contributed by atoms with van der Waals surface area (Å²) in [6.45, 7) is 4.10. The van der Waals surface area contributed by atoms with E-state index in [0.717, 1.165) is 44.3 Å². The predicted octanol–water partition coefficient (Wildman–Crippen LogP) is 2.97. The fourth-order valence-corrected chi connectivity index (χ4v) is 3.01. The quantitative estimate of drug-likeness (QED) is 0.864. The van der Waals surface area contributed by atoms with Gasteiger partial charge in [-0.25, -0.2) is 0 Å². The highest BCUT2D eigenvalue weighted by Gasteiger charge is 2.37. The molecule has 1 aromatic rings. The first-order valence-electron chi connectivity index (χ1n) is 7.05. The number of carbonyl (C=O) groups excluding carboxylic acids is 1. The van der Waals surface area contributed by atoms with Crippen LogP contribution in [-0.2, 0) is 11.2 Å². The van der Waals surface area contributed by atoms with Gasteiger partial charge in [-0.1, -0.05) is 43.7 Å².